The minimum absolute atomic E-state index is 0.919. The van der Waals surface area contributed by atoms with Crippen LogP contribution in [0, 0.1) is 0 Å². The van der Waals surface area contributed by atoms with Gasteiger partial charge in [0.05, 0.1) is 5.52 Å². The summed E-state index contributed by atoms with van der Waals surface area (Å²) in [4.78, 5) is 4.12. The molecule has 0 amide bonds. The number of fused-ring (bicyclic) bond motifs is 1. The molecule has 60 valence electrons. The van der Waals surface area contributed by atoms with Crippen molar-refractivity contribution >= 4 is 11.0 Å². The van der Waals surface area contributed by atoms with Crippen molar-refractivity contribution in [2.24, 2.45) is 0 Å². The summed E-state index contributed by atoms with van der Waals surface area (Å²) in [5.41, 5.74) is 3.04. The van der Waals surface area contributed by atoms with Crippen LogP contribution in [0.3, 0.4) is 0 Å². The molecule has 0 atom stereocenters. The van der Waals surface area contributed by atoms with Crippen molar-refractivity contribution in [1.82, 2.24) is 15.2 Å². The van der Waals surface area contributed by atoms with Crippen molar-refractivity contribution in [2.45, 2.75) is 13.3 Å². The van der Waals surface area contributed by atoms with Crippen LogP contribution in [0.15, 0.2) is 24.5 Å². The van der Waals surface area contributed by atoms with Crippen molar-refractivity contribution in [3.8, 4) is 0 Å². The quantitative estimate of drug-likeness (QED) is 0.634. The van der Waals surface area contributed by atoms with E-state index >= 15 is 0 Å². The Bertz CT molecular complexity index is 392. The molecule has 0 aliphatic rings. The van der Waals surface area contributed by atoms with Crippen molar-refractivity contribution < 1.29 is 0 Å². The lowest BCUT2D eigenvalue weighted by molar-refractivity contribution is 1.00. The molecule has 1 aromatic carbocycles. The molecule has 0 aliphatic carbocycles. The zero-order valence-corrected chi connectivity index (χ0v) is 6.86. The summed E-state index contributed by atoms with van der Waals surface area (Å²) < 4.78 is 0. The van der Waals surface area contributed by atoms with Gasteiger partial charge in [0, 0.05) is 0 Å². The minimum atomic E-state index is 0.919. The lowest BCUT2D eigenvalue weighted by atomic mass is 10.1. The largest absolute Gasteiger partial charge is 0.233 e. The van der Waals surface area contributed by atoms with Gasteiger partial charge in [-0.05, 0) is 18.1 Å². The van der Waals surface area contributed by atoms with E-state index in [-0.39, 0.29) is 0 Å². The predicted octanol–water partition coefficient (Wildman–Crippen LogP) is 1.59. The summed E-state index contributed by atoms with van der Waals surface area (Å²) >= 11 is 0. The van der Waals surface area contributed by atoms with E-state index in [2.05, 4.69) is 28.2 Å². The summed E-state index contributed by atoms with van der Waals surface area (Å²) in [5.74, 6) is 0. The first-order chi connectivity index (χ1) is 5.92. The Hall–Kier alpha value is -1.51. The van der Waals surface area contributed by atoms with Gasteiger partial charge in [-0.1, -0.05) is 19.1 Å². The maximum Gasteiger partial charge on any atom is 0.138 e. The van der Waals surface area contributed by atoms with Gasteiger partial charge in [-0.2, -0.15) is 0 Å². The van der Waals surface area contributed by atoms with Crippen molar-refractivity contribution in [3.05, 3.63) is 30.1 Å². The average molecular weight is 159 g/mol. The smallest absolute Gasteiger partial charge is 0.138 e. The molecule has 12 heavy (non-hydrogen) atoms. The van der Waals surface area contributed by atoms with Gasteiger partial charge in [0.25, 0.3) is 0 Å². The highest BCUT2D eigenvalue weighted by Gasteiger charge is 1.99. The summed E-state index contributed by atoms with van der Waals surface area (Å²) in [5, 5.41) is 7.80. The topological polar surface area (TPSA) is 38.7 Å². The van der Waals surface area contributed by atoms with Gasteiger partial charge in [-0.25, -0.2) is 4.98 Å². The Morgan fingerprint density at radius 3 is 3.08 bits per heavy atom. The zero-order chi connectivity index (χ0) is 8.39. The number of nitrogens with zero attached hydrogens (tertiary/aromatic N) is 3. The van der Waals surface area contributed by atoms with Crippen LogP contribution < -0.4 is 0 Å². The van der Waals surface area contributed by atoms with Gasteiger partial charge < -0.3 is 0 Å². The molecular weight excluding hydrogens is 150 g/mol. The first-order valence-corrected chi connectivity index (χ1v) is 3.97. The van der Waals surface area contributed by atoms with Crippen molar-refractivity contribution in [1.29, 1.82) is 0 Å². The van der Waals surface area contributed by atoms with Crippen LogP contribution in [-0.2, 0) is 6.42 Å². The molecule has 0 spiro atoms. The van der Waals surface area contributed by atoms with Crippen molar-refractivity contribution in [3.63, 3.8) is 0 Å². The lowest BCUT2D eigenvalue weighted by Gasteiger charge is -1.99. The molecule has 0 unspecified atom stereocenters. The normalized spacial score (nSPS) is 10.4. The lowest BCUT2D eigenvalue weighted by Crippen LogP contribution is -1.91. The third-order valence-corrected chi connectivity index (χ3v) is 1.89. The molecule has 2 aromatic rings. The van der Waals surface area contributed by atoms with E-state index in [1.165, 1.54) is 11.9 Å². The second-order valence-corrected chi connectivity index (χ2v) is 2.60. The molecule has 0 saturated heterocycles. The van der Waals surface area contributed by atoms with Gasteiger partial charge in [-0.15, -0.1) is 10.2 Å². The molecule has 2 rings (SSSR count). The van der Waals surface area contributed by atoms with E-state index in [0.717, 1.165) is 17.5 Å². The number of hydrogen-bond acceptors (Lipinski definition) is 3. The maximum atomic E-state index is 4.12. The van der Waals surface area contributed by atoms with E-state index in [0.29, 0.717) is 0 Å². The SMILES string of the molecule is CCc1cccc2ncnnc12. The van der Waals surface area contributed by atoms with Crippen LogP contribution >= 0.6 is 0 Å². The summed E-state index contributed by atoms with van der Waals surface area (Å²) in [7, 11) is 0. The van der Waals surface area contributed by atoms with E-state index < -0.39 is 0 Å². The third-order valence-electron chi connectivity index (χ3n) is 1.89. The fourth-order valence-corrected chi connectivity index (χ4v) is 1.25. The van der Waals surface area contributed by atoms with E-state index in [9.17, 15) is 0 Å². The summed E-state index contributed by atoms with van der Waals surface area (Å²) in [6.45, 7) is 2.10. The molecule has 0 bridgehead atoms. The van der Waals surface area contributed by atoms with Crippen LogP contribution in [0.4, 0.5) is 0 Å². The van der Waals surface area contributed by atoms with E-state index in [4.69, 9.17) is 0 Å². The second-order valence-electron chi connectivity index (χ2n) is 2.60. The number of aromatic nitrogens is 3. The second kappa shape index (κ2) is 2.85. The highest BCUT2D eigenvalue weighted by molar-refractivity contribution is 5.76. The standard InChI is InChI=1S/C9H9N3/c1-2-7-4-3-5-8-9(7)12-11-6-10-8/h3-6H,2H2,1H3. The number of benzene rings is 1. The highest BCUT2D eigenvalue weighted by Crippen LogP contribution is 2.12. The predicted molar refractivity (Wildman–Crippen MR) is 46.7 cm³/mol. The zero-order valence-electron chi connectivity index (χ0n) is 6.86. The molecule has 0 N–H and O–H groups in total. The molecular formula is C9H9N3. The minimum Gasteiger partial charge on any atom is -0.233 e. The Labute approximate surface area is 70.5 Å². The third kappa shape index (κ3) is 1.03. The van der Waals surface area contributed by atoms with Gasteiger partial charge in [0.1, 0.15) is 11.8 Å². The summed E-state index contributed by atoms with van der Waals surface area (Å²) in [6, 6.07) is 6.00. The molecule has 3 heteroatoms. The van der Waals surface area contributed by atoms with Crippen LogP contribution in [0.1, 0.15) is 12.5 Å². The molecule has 0 fully saturated rings. The number of rotatable bonds is 1. The monoisotopic (exact) mass is 159 g/mol. The van der Waals surface area contributed by atoms with Crippen molar-refractivity contribution in [2.75, 3.05) is 0 Å². The first kappa shape index (κ1) is 7.16. The molecule has 3 nitrogen and oxygen atoms in total. The van der Waals surface area contributed by atoms with Crippen LogP contribution in [0.25, 0.3) is 11.0 Å². The number of hydrogen-bond donors (Lipinski definition) is 0. The fourth-order valence-electron chi connectivity index (χ4n) is 1.25. The first-order valence-electron chi connectivity index (χ1n) is 3.97. The van der Waals surface area contributed by atoms with Gasteiger partial charge in [0.15, 0.2) is 0 Å². The average Bonchev–Trinajstić information content (AvgIpc) is 2.17. The fraction of sp³-hybridized carbons (Fsp3) is 0.222. The van der Waals surface area contributed by atoms with Gasteiger partial charge in [0.2, 0.25) is 0 Å². The van der Waals surface area contributed by atoms with E-state index in [1.54, 1.807) is 0 Å². The van der Waals surface area contributed by atoms with Crippen LogP contribution in [0.5, 0.6) is 0 Å². The number of aryl methyl sites for hydroxylation is 1. The molecule has 1 heterocycles. The van der Waals surface area contributed by atoms with E-state index in [1.807, 2.05) is 12.1 Å². The Morgan fingerprint density at radius 2 is 2.25 bits per heavy atom. The highest BCUT2D eigenvalue weighted by atomic mass is 15.1. The maximum absolute atomic E-state index is 4.12. The van der Waals surface area contributed by atoms with Crippen LogP contribution in [-0.4, -0.2) is 15.2 Å². The molecule has 0 saturated carbocycles. The molecule has 1 aromatic heterocycles. The van der Waals surface area contributed by atoms with Crippen LogP contribution in [0.2, 0.25) is 0 Å². The Balaban J connectivity index is 2.79. The molecule has 0 aliphatic heterocycles. The summed E-state index contributed by atoms with van der Waals surface area (Å²) in [6.07, 6.45) is 2.44. The van der Waals surface area contributed by atoms with Gasteiger partial charge in [-0.3, -0.25) is 0 Å². The van der Waals surface area contributed by atoms with Gasteiger partial charge >= 0.3 is 0 Å². The Morgan fingerprint density at radius 1 is 1.33 bits per heavy atom. The Kier molecular flexibility index (Phi) is 1.70. The molecule has 0 radical (unpaired) electrons.